The van der Waals surface area contributed by atoms with Crippen molar-refractivity contribution in [2.24, 2.45) is 10.9 Å². The van der Waals surface area contributed by atoms with E-state index < -0.39 is 0 Å². The van der Waals surface area contributed by atoms with Crippen LogP contribution < -0.4 is 5.32 Å². The summed E-state index contributed by atoms with van der Waals surface area (Å²) >= 11 is 1.82. The second-order valence-corrected chi connectivity index (χ2v) is 8.77. The van der Waals surface area contributed by atoms with E-state index in [-0.39, 0.29) is 5.41 Å². The molecule has 3 heterocycles. The van der Waals surface area contributed by atoms with Gasteiger partial charge in [0, 0.05) is 42.3 Å². The number of nitrogens with zero attached hydrogens (tertiary/aromatic N) is 4. The minimum atomic E-state index is 0.0572. The molecule has 0 radical (unpaired) electrons. The van der Waals surface area contributed by atoms with Gasteiger partial charge in [0.05, 0.1) is 18.9 Å². The van der Waals surface area contributed by atoms with Gasteiger partial charge >= 0.3 is 0 Å². The van der Waals surface area contributed by atoms with Gasteiger partial charge in [-0.25, -0.2) is 4.98 Å². The maximum absolute atomic E-state index is 5.02. The number of likely N-dealkylation sites (tertiary alicyclic amines) is 1. The molecular formula is C20H31N5S. The molecule has 0 aromatic carbocycles. The van der Waals surface area contributed by atoms with E-state index in [1.54, 1.807) is 0 Å². The lowest BCUT2D eigenvalue weighted by molar-refractivity contribution is 0.188. The van der Waals surface area contributed by atoms with E-state index in [1.807, 2.05) is 23.9 Å². The molecule has 26 heavy (non-hydrogen) atoms. The minimum absolute atomic E-state index is 0.0572. The number of imidazole rings is 1. The maximum atomic E-state index is 5.02. The van der Waals surface area contributed by atoms with Crippen LogP contribution in [0.25, 0.3) is 0 Å². The summed E-state index contributed by atoms with van der Waals surface area (Å²) in [5.74, 6) is 1.68. The van der Waals surface area contributed by atoms with Crippen molar-refractivity contribution in [3.8, 4) is 0 Å². The lowest BCUT2D eigenvalue weighted by Gasteiger charge is -2.39. The lowest BCUT2D eigenvalue weighted by Crippen LogP contribution is -2.49. The Balaban J connectivity index is 1.74. The van der Waals surface area contributed by atoms with Crippen molar-refractivity contribution in [1.29, 1.82) is 0 Å². The summed E-state index contributed by atoms with van der Waals surface area (Å²) in [4.78, 5) is 13.1. The Morgan fingerprint density at radius 3 is 2.96 bits per heavy atom. The Morgan fingerprint density at radius 2 is 2.31 bits per heavy atom. The van der Waals surface area contributed by atoms with Crippen LogP contribution in [0.15, 0.2) is 41.2 Å². The van der Waals surface area contributed by atoms with E-state index >= 15 is 0 Å². The zero-order valence-corrected chi connectivity index (χ0v) is 17.2. The molecule has 0 spiro atoms. The molecule has 2 atom stereocenters. The Morgan fingerprint density at radius 1 is 1.46 bits per heavy atom. The summed E-state index contributed by atoms with van der Waals surface area (Å²) in [5.41, 5.74) is 0.0572. The van der Waals surface area contributed by atoms with Gasteiger partial charge in [-0.3, -0.25) is 4.99 Å². The molecule has 0 saturated carbocycles. The van der Waals surface area contributed by atoms with Gasteiger partial charge in [-0.15, -0.1) is 11.3 Å². The van der Waals surface area contributed by atoms with Gasteiger partial charge < -0.3 is 14.8 Å². The molecule has 1 saturated heterocycles. The van der Waals surface area contributed by atoms with Gasteiger partial charge in [-0.05, 0) is 30.7 Å². The Hall–Kier alpha value is -1.82. The number of piperidine rings is 1. The maximum Gasteiger partial charge on any atom is 0.194 e. The highest BCUT2D eigenvalue weighted by Crippen LogP contribution is 2.29. The first-order valence-electron chi connectivity index (χ1n) is 9.56. The Bertz CT molecular complexity index is 690. The SMILES string of the molecule is CCNC(=NCC(C)(C)c1cccs1)N1CCC(C)C(n2ccnc2)C1. The first-order valence-corrected chi connectivity index (χ1v) is 10.4. The molecule has 6 heteroatoms. The number of hydrogen-bond acceptors (Lipinski definition) is 3. The van der Waals surface area contributed by atoms with Crippen LogP contribution in [0.2, 0.25) is 0 Å². The third-order valence-corrected chi connectivity index (χ3v) is 6.51. The smallest absolute Gasteiger partial charge is 0.194 e. The van der Waals surface area contributed by atoms with Crippen LogP contribution >= 0.6 is 11.3 Å². The highest BCUT2D eigenvalue weighted by molar-refractivity contribution is 7.10. The molecule has 0 bridgehead atoms. The van der Waals surface area contributed by atoms with E-state index in [1.165, 1.54) is 11.3 Å². The monoisotopic (exact) mass is 373 g/mol. The van der Waals surface area contributed by atoms with Gasteiger partial charge in [-0.2, -0.15) is 0 Å². The molecular weight excluding hydrogens is 342 g/mol. The van der Waals surface area contributed by atoms with Crippen molar-refractivity contribution in [1.82, 2.24) is 19.8 Å². The normalized spacial score (nSPS) is 21.8. The van der Waals surface area contributed by atoms with Crippen LogP contribution in [0.4, 0.5) is 0 Å². The van der Waals surface area contributed by atoms with Gasteiger partial charge in [0.25, 0.3) is 0 Å². The van der Waals surface area contributed by atoms with E-state index in [0.29, 0.717) is 12.0 Å². The van der Waals surface area contributed by atoms with Crippen LogP contribution in [0.5, 0.6) is 0 Å². The molecule has 2 aromatic rings. The molecule has 2 aromatic heterocycles. The molecule has 0 amide bonds. The van der Waals surface area contributed by atoms with Crippen molar-refractivity contribution < 1.29 is 0 Å². The van der Waals surface area contributed by atoms with Crippen molar-refractivity contribution in [2.75, 3.05) is 26.2 Å². The molecule has 0 aliphatic carbocycles. The average molecular weight is 374 g/mol. The Labute approximate surface area is 161 Å². The average Bonchev–Trinajstić information content (AvgIpc) is 3.32. The molecule has 2 unspecified atom stereocenters. The van der Waals surface area contributed by atoms with Crippen LogP contribution in [0.1, 0.15) is 45.0 Å². The fraction of sp³-hybridized carbons (Fsp3) is 0.600. The lowest BCUT2D eigenvalue weighted by atomic mass is 9.91. The highest BCUT2D eigenvalue weighted by Gasteiger charge is 2.29. The second kappa shape index (κ2) is 8.25. The third kappa shape index (κ3) is 4.29. The summed E-state index contributed by atoms with van der Waals surface area (Å²) < 4.78 is 2.25. The predicted octanol–water partition coefficient (Wildman–Crippen LogP) is 3.77. The highest BCUT2D eigenvalue weighted by atomic mass is 32.1. The number of hydrogen-bond donors (Lipinski definition) is 1. The van der Waals surface area contributed by atoms with Crippen LogP contribution in [0, 0.1) is 5.92 Å². The van der Waals surface area contributed by atoms with Crippen molar-refractivity contribution >= 4 is 17.3 Å². The summed E-state index contributed by atoms with van der Waals surface area (Å²) in [6.07, 6.45) is 7.05. The predicted molar refractivity (Wildman–Crippen MR) is 110 cm³/mol. The van der Waals surface area contributed by atoms with E-state index in [4.69, 9.17) is 4.99 Å². The molecule has 1 aliphatic heterocycles. The second-order valence-electron chi connectivity index (χ2n) is 7.82. The third-order valence-electron chi connectivity index (χ3n) is 5.27. The first kappa shape index (κ1) is 19.0. The molecule has 1 N–H and O–H groups in total. The summed E-state index contributed by atoms with van der Waals surface area (Å²) in [7, 11) is 0. The van der Waals surface area contributed by atoms with Crippen LogP contribution in [-0.2, 0) is 5.41 Å². The number of guanidine groups is 1. The fourth-order valence-electron chi connectivity index (χ4n) is 3.53. The molecule has 3 rings (SSSR count). The largest absolute Gasteiger partial charge is 0.357 e. The topological polar surface area (TPSA) is 45.5 Å². The Kier molecular flexibility index (Phi) is 6.01. The van der Waals surface area contributed by atoms with Gasteiger partial charge in [0.2, 0.25) is 0 Å². The molecule has 142 valence electrons. The summed E-state index contributed by atoms with van der Waals surface area (Å²) in [6.45, 7) is 12.7. The van der Waals surface area contributed by atoms with Crippen LogP contribution in [-0.4, -0.2) is 46.6 Å². The number of thiophene rings is 1. The molecule has 5 nitrogen and oxygen atoms in total. The summed E-state index contributed by atoms with van der Waals surface area (Å²) in [6, 6.07) is 4.78. The zero-order chi connectivity index (χ0) is 18.6. The molecule has 1 fully saturated rings. The standard InChI is InChI=1S/C20H31N5S/c1-5-22-19(23-14-20(3,4)18-7-6-12-26-18)24-10-8-16(2)17(13-24)25-11-9-21-15-25/h6-7,9,11-12,15-17H,5,8,10,13-14H2,1-4H3,(H,22,23). The van der Waals surface area contributed by atoms with Crippen molar-refractivity contribution in [3.63, 3.8) is 0 Å². The van der Waals surface area contributed by atoms with Crippen molar-refractivity contribution in [3.05, 3.63) is 41.1 Å². The van der Waals surface area contributed by atoms with E-state index in [9.17, 15) is 0 Å². The van der Waals surface area contributed by atoms with E-state index in [0.717, 1.165) is 32.1 Å². The first-order chi connectivity index (χ1) is 12.5. The zero-order valence-electron chi connectivity index (χ0n) is 16.4. The van der Waals surface area contributed by atoms with Gasteiger partial charge in [0.15, 0.2) is 5.96 Å². The van der Waals surface area contributed by atoms with Crippen molar-refractivity contribution in [2.45, 2.75) is 45.6 Å². The van der Waals surface area contributed by atoms with E-state index in [2.05, 4.69) is 71.2 Å². The number of aromatic nitrogens is 2. The number of nitrogens with one attached hydrogen (secondary N) is 1. The minimum Gasteiger partial charge on any atom is -0.357 e. The quantitative estimate of drug-likeness (QED) is 0.641. The van der Waals surface area contributed by atoms with Gasteiger partial charge in [0.1, 0.15) is 0 Å². The number of rotatable bonds is 5. The van der Waals surface area contributed by atoms with Gasteiger partial charge in [-0.1, -0.05) is 26.8 Å². The fourth-order valence-corrected chi connectivity index (χ4v) is 4.38. The summed E-state index contributed by atoms with van der Waals surface area (Å²) in [5, 5.41) is 5.65. The number of aliphatic imine (C=N–C) groups is 1. The van der Waals surface area contributed by atoms with Crippen LogP contribution in [0.3, 0.4) is 0 Å². The molecule has 1 aliphatic rings.